The van der Waals surface area contributed by atoms with Gasteiger partial charge in [-0.1, -0.05) is 42.5 Å². The van der Waals surface area contributed by atoms with Gasteiger partial charge in [0, 0.05) is 17.7 Å². The fourth-order valence-corrected chi connectivity index (χ4v) is 5.92. The van der Waals surface area contributed by atoms with Gasteiger partial charge in [-0.15, -0.1) is 5.10 Å². The monoisotopic (exact) mass is 498 g/mol. The molecular formula is C29H34N6O2. The summed E-state index contributed by atoms with van der Waals surface area (Å²) in [7, 11) is 0. The Morgan fingerprint density at radius 1 is 1.08 bits per heavy atom. The zero-order valence-corrected chi connectivity index (χ0v) is 21.3. The van der Waals surface area contributed by atoms with E-state index in [1.54, 1.807) is 0 Å². The van der Waals surface area contributed by atoms with Crippen molar-refractivity contribution in [3.8, 4) is 0 Å². The molecule has 2 saturated heterocycles. The molecule has 0 unspecified atom stereocenters. The number of rotatable bonds is 7. The third-order valence-corrected chi connectivity index (χ3v) is 7.91. The first-order chi connectivity index (χ1) is 18.1. The average molecular weight is 499 g/mol. The molecule has 0 aliphatic carbocycles. The lowest BCUT2D eigenvalue weighted by Gasteiger charge is -2.37. The van der Waals surface area contributed by atoms with Crippen LogP contribution in [0.1, 0.15) is 54.2 Å². The van der Waals surface area contributed by atoms with Crippen LogP contribution in [0.2, 0.25) is 0 Å². The van der Waals surface area contributed by atoms with E-state index in [4.69, 9.17) is 4.74 Å². The summed E-state index contributed by atoms with van der Waals surface area (Å²) in [6.45, 7) is 5.20. The number of hydrogen-bond donors (Lipinski definition) is 1. The highest BCUT2D eigenvalue weighted by atomic mass is 16.5. The van der Waals surface area contributed by atoms with Crippen molar-refractivity contribution in [3.05, 3.63) is 87.5 Å². The molecule has 2 fully saturated rings. The summed E-state index contributed by atoms with van der Waals surface area (Å²) in [5.74, 6) is 1.34. The van der Waals surface area contributed by atoms with Crippen LogP contribution < -0.4 is 5.56 Å². The predicted octanol–water partition coefficient (Wildman–Crippen LogP) is 4.05. The van der Waals surface area contributed by atoms with Gasteiger partial charge in [0.2, 0.25) is 0 Å². The second kappa shape index (κ2) is 10.6. The Morgan fingerprint density at radius 2 is 1.92 bits per heavy atom. The van der Waals surface area contributed by atoms with Gasteiger partial charge in [0.1, 0.15) is 6.04 Å². The molecule has 2 atom stereocenters. The van der Waals surface area contributed by atoms with Gasteiger partial charge < -0.3 is 9.72 Å². The molecule has 0 spiro atoms. The summed E-state index contributed by atoms with van der Waals surface area (Å²) in [5, 5.41) is 13.9. The number of fused-ring (bicyclic) bond motifs is 1. The number of tetrazole rings is 1. The number of benzene rings is 2. The average Bonchev–Trinajstić information content (AvgIpc) is 3.59. The van der Waals surface area contributed by atoms with Crippen molar-refractivity contribution in [2.75, 3.05) is 19.7 Å². The van der Waals surface area contributed by atoms with Gasteiger partial charge in [-0.2, -0.15) is 0 Å². The molecule has 0 amide bonds. The van der Waals surface area contributed by atoms with Gasteiger partial charge in [-0.25, -0.2) is 4.68 Å². The van der Waals surface area contributed by atoms with Crippen molar-refractivity contribution in [2.45, 2.75) is 57.7 Å². The number of aromatic amines is 1. The van der Waals surface area contributed by atoms with Gasteiger partial charge in [-0.05, 0) is 97.1 Å². The van der Waals surface area contributed by atoms with Gasteiger partial charge in [0.25, 0.3) is 5.56 Å². The molecule has 2 aromatic carbocycles. The van der Waals surface area contributed by atoms with Crippen LogP contribution in [-0.4, -0.2) is 55.9 Å². The van der Waals surface area contributed by atoms with Gasteiger partial charge in [0.05, 0.1) is 12.6 Å². The molecular weight excluding hydrogens is 464 g/mol. The van der Waals surface area contributed by atoms with E-state index < -0.39 is 0 Å². The molecule has 37 heavy (non-hydrogen) atoms. The molecule has 0 radical (unpaired) electrons. The van der Waals surface area contributed by atoms with Crippen molar-refractivity contribution in [2.24, 2.45) is 5.92 Å². The second-order valence-electron chi connectivity index (χ2n) is 10.6. The maximum Gasteiger partial charge on any atom is 0.253 e. The van der Waals surface area contributed by atoms with Crippen molar-refractivity contribution in [3.63, 3.8) is 0 Å². The minimum absolute atomic E-state index is 0.0822. The van der Waals surface area contributed by atoms with Crippen molar-refractivity contribution >= 4 is 10.9 Å². The summed E-state index contributed by atoms with van der Waals surface area (Å²) < 4.78 is 7.73. The van der Waals surface area contributed by atoms with Crippen molar-refractivity contribution < 1.29 is 4.74 Å². The van der Waals surface area contributed by atoms with Crippen LogP contribution >= 0.6 is 0 Å². The zero-order chi connectivity index (χ0) is 25.2. The Hall–Kier alpha value is -3.36. The third-order valence-electron chi connectivity index (χ3n) is 7.91. The highest BCUT2D eigenvalue weighted by molar-refractivity contribution is 5.79. The number of pyridine rings is 1. The molecule has 0 bridgehead atoms. The molecule has 1 N–H and O–H groups in total. The van der Waals surface area contributed by atoms with E-state index >= 15 is 0 Å². The maximum atomic E-state index is 13.5. The van der Waals surface area contributed by atoms with E-state index in [0.717, 1.165) is 68.3 Å². The molecule has 0 saturated carbocycles. The lowest BCUT2D eigenvalue weighted by molar-refractivity contribution is 0.0892. The Morgan fingerprint density at radius 3 is 2.70 bits per heavy atom. The molecule has 2 aliphatic rings. The second-order valence-corrected chi connectivity index (χ2v) is 10.6. The third kappa shape index (κ3) is 5.22. The number of aromatic nitrogens is 5. The summed E-state index contributed by atoms with van der Waals surface area (Å²) >= 11 is 0. The summed E-state index contributed by atoms with van der Waals surface area (Å²) in [5.41, 5.74) is 3.98. The normalized spacial score (nSPS) is 20.0. The fourth-order valence-electron chi connectivity index (χ4n) is 5.92. The minimum atomic E-state index is -0.316. The van der Waals surface area contributed by atoms with Crippen LogP contribution in [0.4, 0.5) is 0 Å². The smallest absolute Gasteiger partial charge is 0.253 e. The van der Waals surface area contributed by atoms with Gasteiger partial charge in [0.15, 0.2) is 5.82 Å². The Balaban J connectivity index is 1.32. The molecule has 4 aromatic rings. The summed E-state index contributed by atoms with van der Waals surface area (Å²) in [6.07, 6.45) is 5.41. The van der Waals surface area contributed by atoms with Crippen LogP contribution in [-0.2, 0) is 17.7 Å². The predicted molar refractivity (Wildman–Crippen MR) is 142 cm³/mol. The van der Waals surface area contributed by atoms with E-state index in [0.29, 0.717) is 23.9 Å². The maximum absolute atomic E-state index is 13.5. The van der Waals surface area contributed by atoms with Crippen molar-refractivity contribution in [1.29, 1.82) is 0 Å². The molecule has 8 heteroatoms. The molecule has 2 aliphatic heterocycles. The number of piperidine rings is 1. The number of likely N-dealkylation sites (tertiary alicyclic amines) is 1. The number of hydrogen-bond acceptors (Lipinski definition) is 6. The largest absolute Gasteiger partial charge is 0.376 e. The topological polar surface area (TPSA) is 88.9 Å². The van der Waals surface area contributed by atoms with E-state index in [9.17, 15) is 4.79 Å². The van der Waals surface area contributed by atoms with E-state index in [1.165, 1.54) is 5.56 Å². The molecule has 6 rings (SSSR count). The van der Waals surface area contributed by atoms with Gasteiger partial charge in [-0.3, -0.25) is 9.69 Å². The molecule has 8 nitrogen and oxygen atoms in total. The standard InChI is InChI=1S/C29H34N6O2/c1-20-9-10-23-18-25(29(36)30-26(23)16-20)27(28-31-32-33-35(28)19-24-8-5-15-37-24)34-13-11-22(12-14-34)17-21-6-3-2-4-7-21/h2-4,6-7,9-10,16,18,22,24,27H,5,8,11-15,17,19H2,1H3,(H,30,36)/t24-,27-/m1/s1. The van der Waals surface area contributed by atoms with Crippen LogP contribution in [0.25, 0.3) is 10.9 Å². The number of ether oxygens (including phenoxy) is 1. The zero-order valence-electron chi connectivity index (χ0n) is 21.3. The Kier molecular flexibility index (Phi) is 6.85. The van der Waals surface area contributed by atoms with E-state index in [2.05, 4.69) is 67.9 Å². The first kappa shape index (κ1) is 24.0. The van der Waals surface area contributed by atoms with E-state index in [1.807, 2.05) is 23.7 Å². The number of nitrogens with zero attached hydrogens (tertiary/aromatic N) is 5. The molecule has 192 valence electrons. The number of H-pyrrole nitrogens is 1. The Labute approximate surface area is 216 Å². The SMILES string of the molecule is Cc1ccc2cc([C@H](c3nnnn3C[C@H]3CCCO3)N3CCC(Cc4ccccc4)CC3)c(=O)[nH]c2c1. The summed E-state index contributed by atoms with van der Waals surface area (Å²) in [6, 6.07) is 18.6. The van der Waals surface area contributed by atoms with Crippen LogP contribution in [0.3, 0.4) is 0 Å². The van der Waals surface area contributed by atoms with Crippen LogP contribution in [0.5, 0.6) is 0 Å². The number of aryl methyl sites for hydroxylation is 1. The van der Waals surface area contributed by atoms with Gasteiger partial charge >= 0.3 is 0 Å². The van der Waals surface area contributed by atoms with Crippen molar-refractivity contribution in [1.82, 2.24) is 30.1 Å². The Bertz CT molecular complexity index is 1400. The van der Waals surface area contributed by atoms with E-state index in [-0.39, 0.29) is 17.7 Å². The molecule has 4 heterocycles. The quantitative estimate of drug-likeness (QED) is 0.414. The summed E-state index contributed by atoms with van der Waals surface area (Å²) in [4.78, 5) is 19.0. The van der Waals surface area contributed by atoms with Crippen LogP contribution in [0, 0.1) is 12.8 Å². The fraction of sp³-hybridized carbons (Fsp3) is 0.448. The minimum Gasteiger partial charge on any atom is -0.376 e. The number of nitrogens with one attached hydrogen (secondary N) is 1. The first-order valence-corrected chi connectivity index (χ1v) is 13.4. The highest BCUT2D eigenvalue weighted by Crippen LogP contribution is 2.32. The lowest BCUT2D eigenvalue weighted by atomic mass is 9.89. The lowest BCUT2D eigenvalue weighted by Crippen LogP contribution is -2.41. The highest BCUT2D eigenvalue weighted by Gasteiger charge is 2.34. The first-order valence-electron chi connectivity index (χ1n) is 13.4. The van der Waals surface area contributed by atoms with Crippen LogP contribution in [0.15, 0.2) is 59.4 Å². The molecule has 2 aromatic heterocycles.